The van der Waals surface area contributed by atoms with Crippen LogP contribution < -0.4 is 0 Å². The summed E-state index contributed by atoms with van der Waals surface area (Å²) in [5, 5.41) is 9.06. The number of rotatable bonds is 4. The van der Waals surface area contributed by atoms with Crippen LogP contribution in [0.2, 0.25) is 0 Å². The number of amides is 2. The number of hydrogen-bond acceptors (Lipinski definition) is 2. The largest absolute Gasteiger partial charge is 0.465 e. The maximum absolute atomic E-state index is 12.2. The third-order valence-corrected chi connectivity index (χ3v) is 3.76. The molecule has 1 aliphatic rings. The molecule has 1 fully saturated rings. The maximum atomic E-state index is 12.2. The lowest BCUT2D eigenvalue weighted by molar-refractivity contribution is -0.129. The van der Waals surface area contributed by atoms with E-state index in [0.29, 0.717) is 13.0 Å². The molecule has 19 heavy (non-hydrogen) atoms. The van der Waals surface area contributed by atoms with Gasteiger partial charge in [-0.25, -0.2) is 9.69 Å². The van der Waals surface area contributed by atoms with Crippen molar-refractivity contribution < 1.29 is 14.7 Å². The van der Waals surface area contributed by atoms with Crippen molar-refractivity contribution in [2.24, 2.45) is 11.8 Å². The molecule has 2 amide bonds. The van der Waals surface area contributed by atoms with Gasteiger partial charge in [0.25, 0.3) is 0 Å². The van der Waals surface area contributed by atoms with Crippen molar-refractivity contribution in [2.75, 3.05) is 6.54 Å². The van der Waals surface area contributed by atoms with Gasteiger partial charge in [0.1, 0.15) is 0 Å². The van der Waals surface area contributed by atoms with E-state index in [2.05, 4.69) is 6.92 Å². The van der Waals surface area contributed by atoms with Crippen LogP contribution in [0.25, 0.3) is 0 Å². The fourth-order valence-corrected chi connectivity index (χ4v) is 2.81. The van der Waals surface area contributed by atoms with E-state index >= 15 is 0 Å². The second-order valence-electron chi connectivity index (χ2n) is 5.08. The number of hydrogen-bond donors (Lipinski definition) is 1. The van der Waals surface area contributed by atoms with Crippen LogP contribution in [-0.4, -0.2) is 28.6 Å². The van der Waals surface area contributed by atoms with Crippen molar-refractivity contribution in [2.45, 2.75) is 26.2 Å². The quantitative estimate of drug-likeness (QED) is 0.906. The van der Waals surface area contributed by atoms with Gasteiger partial charge in [-0.15, -0.1) is 0 Å². The molecule has 1 aromatic rings. The minimum atomic E-state index is -1.12. The van der Waals surface area contributed by atoms with E-state index in [1.54, 1.807) is 0 Å². The second kappa shape index (κ2) is 5.87. The monoisotopic (exact) mass is 261 g/mol. The molecule has 1 heterocycles. The summed E-state index contributed by atoms with van der Waals surface area (Å²) in [6.45, 7) is 2.41. The van der Waals surface area contributed by atoms with E-state index in [1.807, 2.05) is 30.3 Å². The predicted molar refractivity (Wildman–Crippen MR) is 71.8 cm³/mol. The highest BCUT2D eigenvalue weighted by Crippen LogP contribution is 2.31. The van der Waals surface area contributed by atoms with Crippen molar-refractivity contribution >= 4 is 12.0 Å². The average molecular weight is 261 g/mol. The van der Waals surface area contributed by atoms with Gasteiger partial charge in [0, 0.05) is 12.5 Å². The number of carboxylic acid groups (broad SMARTS) is 1. The number of nitrogens with zero attached hydrogens (tertiary/aromatic N) is 1. The van der Waals surface area contributed by atoms with E-state index in [4.69, 9.17) is 5.11 Å². The zero-order valence-corrected chi connectivity index (χ0v) is 11.1. The Morgan fingerprint density at radius 1 is 1.37 bits per heavy atom. The van der Waals surface area contributed by atoms with Gasteiger partial charge in [-0.1, -0.05) is 43.7 Å². The molecule has 2 rings (SSSR count). The van der Waals surface area contributed by atoms with Gasteiger partial charge in [0.2, 0.25) is 5.91 Å². The van der Waals surface area contributed by atoms with Crippen molar-refractivity contribution in [3.63, 3.8) is 0 Å². The number of imide groups is 1. The first-order chi connectivity index (χ1) is 9.13. The molecular weight excluding hydrogens is 242 g/mol. The van der Waals surface area contributed by atoms with Crippen LogP contribution in [0.1, 0.15) is 25.3 Å². The topological polar surface area (TPSA) is 57.6 Å². The van der Waals surface area contributed by atoms with Gasteiger partial charge in [0.15, 0.2) is 0 Å². The molecule has 2 unspecified atom stereocenters. The van der Waals surface area contributed by atoms with Gasteiger partial charge in [-0.05, 0) is 24.3 Å². The van der Waals surface area contributed by atoms with Crippen LogP contribution in [-0.2, 0) is 11.2 Å². The van der Waals surface area contributed by atoms with Gasteiger partial charge < -0.3 is 5.11 Å². The molecule has 4 heteroatoms. The van der Waals surface area contributed by atoms with E-state index < -0.39 is 6.09 Å². The summed E-state index contributed by atoms with van der Waals surface area (Å²) in [4.78, 5) is 24.2. The normalized spacial score (nSPS) is 22.8. The summed E-state index contributed by atoms with van der Waals surface area (Å²) >= 11 is 0. The lowest BCUT2D eigenvalue weighted by atomic mass is 9.86. The van der Waals surface area contributed by atoms with Crippen molar-refractivity contribution in [3.8, 4) is 0 Å². The zero-order valence-electron chi connectivity index (χ0n) is 11.1. The molecule has 1 aliphatic heterocycles. The molecular formula is C15H19NO3. The molecule has 4 nitrogen and oxygen atoms in total. The summed E-state index contributed by atoms with van der Waals surface area (Å²) in [7, 11) is 0. The fraction of sp³-hybridized carbons (Fsp3) is 0.467. The van der Waals surface area contributed by atoms with Gasteiger partial charge in [-0.2, -0.15) is 0 Å². The van der Waals surface area contributed by atoms with Crippen LogP contribution in [0.4, 0.5) is 4.79 Å². The molecule has 0 radical (unpaired) electrons. The Balaban J connectivity index is 2.15. The molecule has 0 bridgehead atoms. The molecule has 0 aromatic heterocycles. The lowest BCUT2D eigenvalue weighted by Gasteiger charge is -2.15. The van der Waals surface area contributed by atoms with E-state index in [0.717, 1.165) is 23.3 Å². The Hall–Kier alpha value is -1.84. The molecule has 0 aliphatic carbocycles. The first-order valence-corrected chi connectivity index (χ1v) is 6.71. The van der Waals surface area contributed by atoms with E-state index in [-0.39, 0.29) is 17.7 Å². The molecule has 0 spiro atoms. The van der Waals surface area contributed by atoms with Crippen LogP contribution in [0.15, 0.2) is 30.3 Å². The van der Waals surface area contributed by atoms with Crippen LogP contribution >= 0.6 is 0 Å². The SMILES string of the molecule is CCCC1CN(C(=O)O)C(=O)C1Cc1ccccc1. The highest BCUT2D eigenvalue weighted by molar-refractivity contribution is 5.94. The number of carbonyl (C=O) groups is 2. The molecule has 0 saturated carbocycles. The van der Waals surface area contributed by atoms with E-state index in [9.17, 15) is 9.59 Å². The Morgan fingerprint density at radius 2 is 2.05 bits per heavy atom. The summed E-state index contributed by atoms with van der Waals surface area (Å²) in [6.07, 6.45) is 1.37. The molecule has 1 saturated heterocycles. The van der Waals surface area contributed by atoms with Crippen molar-refractivity contribution in [1.82, 2.24) is 4.90 Å². The third-order valence-electron chi connectivity index (χ3n) is 3.76. The first-order valence-electron chi connectivity index (χ1n) is 6.71. The zero-order chi connectivity index (χ0) is 13.8. The lowest BCUT2D eigenvalue weighted by Crippen LogP contribution is -2.32. The summed E-state index contributed by atoms with van der Waals surface area (Å²) in [5.74, 6) is -0.290. The molecule has 1 N–H and O–H groups in total. The summed E-state index contributed by atoms with van der Waals surface area (Å²) in [6, 6.07) is 9.80. The predicted octanol–water partition coefficient (Wildman–Crippen LogP) is 2.78. The van der Waals surface area contributed by atoms with Crippen molar-refractivity contribution in [1.29, 1.82) is 0 Å². The molecule has 102 valence electrons. The number of likely N-dealkylation sites (tertiary alicyclic amines) is 1. The minimum Gasteiger partial charge on any atom is -0.465 e. The van der Waals surface area contributed by atoms with Gasteiger partial charge >= 0.3 is 6.09 Å². The van der Waals surface area contributed by atoms with Gasteiger partial charge in [-0.3, -0.25) is 4.79 Å². The van der Waals surface area contributed by atoms with Crippen LogP contribution in [0, 0.1) is 11.8 Å². The maximum Gasteiger partial charge on any atom is 0.414 e. The highest BCUT2D eigenvalue weighted by atomic mass is 16.4. The van der Waals surface area contributed by atoms with E-state index in [1.165, 1.54) is 0 Å². The minimum absolute atomic E-state index is 0.147. The highest BCUT2D eigenvalue weighted by Gasteiger charge is 2.42. The number of benzene rings is 1. The second-order valence-corrected chi connectivity index (χ2v) is 5.08. The fourth-order valence-electron chi connectivity index (χ4n) is 2.81. The van der Waals surface area contributed by atoms with Crippen LogP contribution in [0.5, 0.6) is 0 Å². The summed E-state index contributed by atoms with van der Waals surface area (Å²) < 4.78 is 0. The molecule has 1 aromatic carbocycles. The van der Waals surface area contributed by atoms with Gasteiger partial charge in [0.05, 0.1) is 0 Å². The Bertz CT molecular complexity index is 458. The molecule has 2 atom stereocenters. The Morgan fingerprint density at radius 3 is 2.63 bits per heavy atom. The first kappa shape index (κ1) is 13.6. The smallest absolute Gasteiger partial charge is 0.414 e. The number of carbonyl (C=O) groups excluding carboxylic acids is 1. The van der Waals surface area contributed by atoms with Crippen molar-refractivity contribution in [3.05, 3.63) is 35.9 Å². The third kappa shape index (κ3) is 2.95. The van der Waals surface area contributed by atoms with Crippen LogP contribution in [0.3, 0.4) is 0 Å². The standard InChI is InChI=1S/C15H19NO3/c1-2-6-12-10-16(15(18)19)14(17)13(12)9-11-7-4-3-5-8-11/h3-5,7-8,12-13H,2,6,9-10H2,1H3,(H,18,19). The Kier molecular flexibility index (Phi) is 4.20. The Labute approximate surface area is 113 Å². The summed E-state index contributed by atoms with van der Waals surface area (Å²) in [5.41, 5.74) is 1.09. The average Bonchev–Trinajstić information content (AvgIpc) is 2.70.